The van der Waals surface area contributed by atoms with Crippen molar-refractivity contribution >= 4 is 65.8 Å². The molecule has 6 nitrogen and oxygen atoms in total. The lowest BCUT2D eigenvalue weighted by Gasteiger charge is -2.30. The summed E-state index contributed by atoms with van der Waals surface area (Å²) in [5, 5.41) is 6.61. The third-order valence-electron chi connectivity index (χ3n) is 22.2. The zero-order valence-corrected chi connectivity index (χ0v) is 54.8. The number of benzene rings is 10. The summed E-state index contributed by atoms with van der Waals surface area (Å²) >= 11 is 0. The Kier molecular flexibility index (Phi) is 13.2. The summed E-state index contributed by atoms with van der Waals surface area (Å²) < 4.78 is 19.8. The molecular weight excluding hydrogens is 1180 g/mol. The molecule has 3 aliphatic rings. The van der Waals surface area contributed by atoms with E-state index in [2.05, 4.69) is 260 Å². The lowest BCUT2D eigenvalue weighted by Crippen LogP contribution is -2.18. The molecule has 97 heavy (non-hydrogen) atoms. The first-order valence-corrected chi connectivity index (χ1v) is 34.1. The zero-order valence-electron chi connectivity index (χ0n) is 54.8. The first kappa shape index (κ1) is 58.6. The van der Waals surface area contributed by atoms with E-state index in [4.69, 9.17) is 28.2 Å². The maximum atomic E-state index is 6.61. The van der Waals surface area contributed by atoms with Gasteiger partial charge in [-0.15, -0.1) is 0 Å². The molecule has 470 valence electrons. The Morgan fingerprint density at radius 2 is 0.536 bits per heavy atom. The molecule has 0 N–H and O–H groups in total. The van der Waals surface area contributed by atoms with Crippen molar-refractivity contribution < 1.29 is 13.3 Å². The van der Waals surface area contributed by atoms with E-state index in [9.17, 15) is 0 Å². The third-order valence-corrected chi connectivity index (χ3v) is 22.2. The minimum absolute atomic E-state index is 0. The van der Waals surface area contributed by atoms with E-state index in [0.29, 0.717) is 0 Å². The zero-order chi connectivity index (χ0) is 64.3. The number of aromatic nitrogens is 3. The van der Waals surface area contributed by atoms with Crippen molar-refractivity contribution in [3.8, 4) is 101 Å². The highest BCUT2D eigenvalue weighted by atomic mass is 16.3. The molecule has 0 saturated carbocycles. The molecule has 6 heterocycles. The molecule has 0 bridgehead atoms. The molecule has 0 unspecified atom stereocenters. The molecular formula is C91H73N3O3. The van der Waals surface area contributed by atoms with Gasteiger partial charge in [0.25, 0.3) is 0 Å². The van der Waals surface area contributed by atoms with Crippen LogP contribution in [0, 0.1) is 0 Å². The monoisotopic (exact) mass is 1260 g/mol. The number of rotatable bonds is 6. The van der Waals surface area contributed by atoms with Crippen molar-refractivity contribution in [3.05, 3.63) is 270 Å². The van der Waals surface area contributed by atoms with Gasteiger partial charge in [0.1, 0.15) is 33.5 Å². The van der Waals surface area contributed by atoms with Gasteiger partial charge in [0, 0.05) is 84.3 Å². The van der Waals surface area contributed by atoms with Crippen LogP contribution in [0.15, 0.2) is 250 Å². The van der Waals surface area contributed by atoms with Crippen molar-refractivity contribution in [1.29, 1.82) is 0 Å². The fraction of sp³-hybridized carbons (Fsp3) is 0.176. The van der Waals surface area contributed by atoms with Crippen LogP contribution in [0.3, 0.4) is 0 Å². The molecule has 19 rings (SSSR count). The summed E-state index contributed by atoms with van der Waals surface area (Å²) in [5.41, 5.74) is 33.6. The lowest BCUT2D eigenvalue weighted by atomic mass is 9.73. The summed E-state index contributed by atoms with van der Waals surface area (Å²) in [6.07, 6.45) is 12.0. The summed E-state index contributed by atoms with van der Waals surface area (Å²) in [4.78, 5) is 16.2. The molecule has 0 spiro atoms. The quantitative estimate of drug-likeness (QED) is 0.165. The molecule has 16 aromatic rings. The number of para-hydroxylation sites is 6. The highest BCUT2D eigenvalue weighted by molar-refractivity contribution is 6.12. The molecule has 0 atom stereocenters. The van der Waals surface area contributed by atoms with Crippen LogP contribution in [-0.4, -0.2) is 15.0 Å². The van der Waals surface area contributed by atoms with Crippen molar-refractivity contribution in [1.82, 2.24) is 15.0 Å². The second-order valence-electron chi connectivity index (χ2n) is 29.0. The maximum Gasteiger partial charge on any atom is 0.144 e. The molecule has 3 aliphatic carbocycles. The second kappa shape index (κ2) is 21.8. The van der Waals surface area contributed by atoms with E-state index in [1.165, 1.54) is 83.5 Å². The predicted octanol–water partition coefficient (Wildman–Crippen LogP) is 24.9. The smallest absolute Gasteiger partial charge is 0.144 e. The van der Waals surface area contributed by atoms with Gasteiger partial charge in [-0.25, -0.2) is 0 Å². The van der Waals surface area contributed by atoms with Crippen molar-refractivity contribution in [3.63, 3.8) is 0 Å². The Bertz CT molecular complexity index is 5310. The van der Waals surface area contributed by atoms with Crippen LogP contribution in [0.25, 0.3) is 166 Å². The summed E-state index contributed by atoms with van der Waals surface area (Å²) in [6.45, 7) is 14.9. The van der Waals surface area contributed by atoms with E-state index in [1.807, 2.05) is 18.2 Å². The van der Waals surface area contributed by atoms with E-state index < -0.39 is 0 Å². The van der Waals surface area contributed by atoms with Gasteiger partial charge in [0.05, 0.1) is 17.1 Å². The molecule has 6 heteroatoms. The van der Waals surface area contributed by atoms with Crippen LogP contribution in [0.5, 0.6) is 0 Å². The van der Waals surface area contributed by atoms with Gasteiger partial charge < -0.3 is 13.3 Å². The Morgan fingerprint density at radius 3 is 0.825 bits per heavy atom. The molecule has 6 aromatic heterocycles. The van der Waals surface area contributed by atoms with Gasteiger partial charge >= 0.3 is 0 Å². The number of hydrogen-bond donors (Lipinski definition) is 0. The first-order chi connectivity index (χ1) is 46.8. The Balaban J connectivity index is 0.00000684. The highest BCUT2D eigenvalue weighted by Crippen LogP contribution is 2.60. The minimum Gasteiger partial charge on any atom is -0.455 e. The molecule has 0 saturated heterocycles. The number of pyridine rings is 3. The topological polar surface area (TPSA) is 78.1 Å². The van der Waals surface area contributed by atoms with Gasteiger partial charge in [0.15, 0.2) is 0 Å². The molecule has 0 radical (unpaired) electrons. The Labute approximate surface area is 565 Å². The highest BCUT2D eigenvalue weighted by Gasteiger charge is 2.42. The van der Waals surface area contributed by atoms with Crippen LogP contribution in [0.1, 0.15) is 102 Å². The van der Waals surface area contributed by atoms with Crippen LogP contribution >= 0.6 is 0 Å². The lowest BCUT2D eigenvalue weighted by molar-refractivity contribution is 0.485. The summed E-state index contributed by atoms with van der Waals surface area (Å²) in [6, 6.07) is 79.1. The van der Waals surface area contributed by atoms with Crippen LogP contribution in [-0.2, 0) is 35.5 Å². The Morgan fingerprint density at radius 1 is 0.268 bits per heavy atom. The first-order valence-electron chi connectivity index (χ1n) is 34.1. The van der Waals surface area contributed by atoms with Crippen molar-refractivity contribution in [2.75, 3.05) is 0 Å². The average Bonchev–Trinajstić information content (AvgIpc) is 1.63. The van der Waals surface area contributed by atoms with E-state index >= 15 is 0 Å². The van der Waals surface area contributed by atoms with E-state index in [-0.39, 0.29) is 23.7 Å². The predicted molar refractivity (Wildman–Crippen MR) is 401 cm³/mol. The van der Waals surface area contributed by atoms with Crippen molar-refractivity contribution in [2.45, 2.75) is 104 Å². The normalized spacial score (nSPS) is 15.0. The molecule has 10 aromatic carbocycles. The fourth-order valence-electron chi connectivity index (χ4n) is 17.2. The standard InChI is InChI=1S/C90H69N3O3.CH4/c1-88(2)46-43-67-79(82-55(22-16-31-70(82)88)52-37-40-73(91-49-52)64-28-13-25-61-58-19-7-10-34-76(58)94-85(61)64)68-44-47-89(3,4)72-33-18-24-57(54-39-42-75(93-51-54)66-30-15-27-63-60-21-9-12-36-78(60)96-87(63)66)84(72)81(68)69-45-48-90(5,6)71-32-17-23-56(83(71)80(67)69)53-38-41-74(92-50-53)65-29-14-26-62-59-20-8-11-35-77(59)95-86(62)65;/h7-42,49-51H,43-48H2,1-6H3;1H4. The maximum absolute atomic E-state index is 6.61. The summed E-state index contributed by atoms with van der Waals surface area (Å²) in [5.74, 6) is 0. The van der Waals surface area contributed by atoms with Crippen molar-refractivity contribution in [2.24, 2.45) is 0 Å². The second-order valence-corrected chi connectivity index (χ2v) is 29.0. The van der Waals surface area contributed by atoms with Crippen LogP contribution in [0.2, 0.25) is 0 Å². The van der Waals surface area contributed by atoms with Crippen LogP contribution < -0.4 is 0 Å². The number of hydrogen-bond acceptors (Lipinski definition) is 6. The SMILES string of the molecule is C.CC1(C)CCc2c(c3c(c4c2-c2c(-c5ccc(-c6cccc7c6oc6ccccc67)nc5)cccc2C(C)(C)CC4)-c2c(-c4ccc(-c5cccc6c5oc5ccccc56)nc4)cccc2C(C)(C)CC3)-c2c(-c3ccc(-c4cccc5c4oc4ccccc45)nc3)cccc21. The Hall–Kier alpha value is -11.0. The largest absolute Gasteiger partial charge is 0.455 e. The molecule has 0 amide bonds. The van der Waals surface area contributed by atoms with Gasteiger partial charge in [-0.3, -0.25) is 15.0 Å². The van der Waals surface area contributed by atoms with Gasteiger partial charge in [-0.2, -0.15) is 0 Å². The fourth-order valence-corrected chi connectivity index (χ4v) is 17.2. The number of furan rings is 3. The average molecular weight is 1260 g/mol. The number of fused-ring (bicyclic) bond motifs is 21. The van der Waals surface area contributed by atoms with E-state index in [1.54, 1.807) is 0 Å². The minimum atomic E-state index is -0.198. The number of nitrogens with zero attached hydrogens (tertiary/aromatic N) is 3. The van der Waals surface area contributed by atoms with Crippen LogP contribution in [0.4, 0.5) is 0 Å². The van der Waals surface area contributed by atoms with Gasteiger partial charge in [-0.05, 0) is 193 Å². The van der Waals surface area contributed by atoms with Gasteiger partial charge in [-0.1, -0.05) is 213 Å². The molecule has 0 fully saturated rings. The van der Waals surface area contributed by atoms with Gasteiger partial charge in [0.2, 0.25) is 0 Å². The molecule has 0 aliphatic heterocycles. The summed E-state index contributed by atoms with van der Waals surface area (Å²) in [7, 11) is 0. The van der Waals surface area contributed by atoms with E-state index in [0.717, 1.165) is 155 Å². The third kappa shape index (κ3) is 8.95.